The van der Waals surface area contributed by atoms with Gasteiger partial charge in [0.2, 0.25) is 0 Å². The monoisotopic (exact) mass is 519 g/mol. The first kappa shape index (κ1) is 24.0. The Morgan fingerprint density at radius 1 is 1.19 bits per heavy atom. The number of ketones is 1. The third-order valence-corrected chi connectivity index (χ3v) is 8.83. The smallest absolute Gasteiger partial charge is 0.304 e. The molecule has 3 atom stereocenters. The van der Waals surface area contributed by atoms with Gasteiger partial charge in [0.05, 0.1) is 30.4 Å². The molecule has 4 aromatic rings. The van der Waals surface area contributed by atoms with Gasteiger partial charge in [-0.15, -0.1) is 9.40 Å². The minimum Gasteiger partial charge on any atom is -0.591 e. The van der Waals surface area contributed by atoms with Crippen molar-refractivity contribution in [3.05, 3.63) is 83.8 Å². The van der Waals surface area contributed by atoms with Crippen LogP contribution < -0.4 is 0 Å². The molecule has 0 bridgehead atoms. The molecule has 6 rings (SSSR count). The van der Waals surface area contributed by atoms with Gasteiger partial charge in [-0.25, -0.2) is 9.07 Å². The lowest BCUT2D eigenvalue weighted by molar-refractivity contribution is 0.0393. The maximum Gasteiger partial charge on any atom is 0.304 e. The van der Waals surface area contributed by atoms with Gasteiger partial charge in [-0.1, -0.05) is 6.07 Å². The number of hydrogen-bond donors (Lipinski definition) is 0. The van der Waals surface area contributed by atoms with Crippen LogP contribution in [0.3, 0.4) is 0 Å². The van der Waals surface area contributed by atoms with Crippen LogP contribution >= 0.6 is 0 Å². The van der Waals surface area contributed by atoms with E-state index in [9.17, 15) is 13.7 Å². The Labute approximate surface area is 216 Å². The molecule has 190 valence electrons. The molecule has 4 heterocycles. The number of hydrogen-bond acceptors (Lipinski definition) is 7. The topological polar surface area (TPSA) is 105 Å². The summed E-state index contributed by atoms with van der Waals surface area (Å²) in [6.45, 7) is 3.39. The zero-order valence-electron chi connectivity index (χ0n) is 20.3. The van der Waals surface area contributed by atoms with Crippen LogP contribution in [0.15, 0.2) is 66.1 Å². The second-order valence-corrected chi connectivity index (χ2v) is 11.0. The predicted molar refractivity (Wildman–Crippen MR) is 134 cm³/mol. The largest absolute Gasteiger partial charge is 0.591 e. The average Bonchev–Trinajstić information content (AvgIpc) is 3.58. The Morgan fingerprint density at radius 3 is 2.76 bits per heavy atom. The van der Waals surface area contributed by atoms with Gasteiger partial charge in [0.1, 0.15) is 29.1 Å². The molecule has 3 unspecified atom stereocenters. The lowest BCUT2D eigenvalue weighted by Crippen LogP contribution is -2.57. The van der Waals surface area contributed by atoms with Crippen molar-refractivity contribution in [3.8, 4) is 5.69 Å². The lowest BCUT2D eigenvalue weighted by atomic mass is 9.60. The quantitative estimate of drug-likeness (QED) is 0.285. The maximum atomic E-state index is 14.1. The minimum atomic E-state index is -1.54. The van der Waals surface area contributed by atoms with Gasteiger partial charge < -0.3 is 4.55 Å². The second kappa shape index (κ2) is 9.47. The fraction of sp³-hybridized carbons (Fsp3) is 0.346. The number of fused-ring (bicyclic) bond motifs is 2. The highest BCUT2D eigenvalue weighted by Crippen LogP contribution is 2.48. The maximum absolute atomic E-state index is 14.1. The van der Waals surface area contributed by atoms with Crippen LogP contribution in [-0.4, -0.2) is 57.5 Å². The summed E-state index contributed by atoms with van der Waals surface area (Å²) in [4.78, 5) is 20.0. The molecule has 2 aliphatic rings. The number of carbonyl (C=O) groups excluding carboxylic acids is 1. The number of piperidine rings is 1. The molecule has 9 nitrogen and oxygen atoms in total. The molecule has 0 N–H and O–H groups in total. The number of nitrogens with zero attached hydrogens (tertiary/aromatic N) is 7. The van der Waals surface area contributed by atoms with Crippen LogP contribution in [0.2, 0.25) is 0 Å². The first-order valence-corrected chi connectivity index (χ1v) is 13.4. The minimum absolute atomic E-state index is 0.00461. The standard InChI is InChI=1S/C26H26FN7O2S/c1-2-33-29-16-24(31-33)37(36)32-12-10-19-13-23-18(15-30-34(23)21-8-6-20(27)7-9-21)14-26(19,17-32)25(35)22-5-3-4-11-28-22/h3-9,11,15-16,19H,2,10,12-14,17H2,1H3. The second-order valence-electron chi connectivity index (χ2n) is 9.56. The number of carbonyl (C=O) groups is 1. The highest BCUT2D eigenvalue weighted by atomic mass is 32.2. The number of benzene rings is 1. The Bertz CT molecular complexity index is 1420. The number of pyridine rings is 1. The predicted octanol–water partition coefficient (Wildman–Crippen LogP) is 3.03. The Hall–Kier alpha value is -3.41. The van der Waals surface area contributed by atoms with Crippen molar-refractivity contribution in [3.63, 3.8) is 0 Å². The van der Waals surface area contributed by atoms with Crippen molar-refractivity contribution in [2.75, 3.05) is 13.1 Å². The van der Waals surface area contributed by atoms with Gasteiger partial charge in [0, 0.05) is 18.4 Å². The molecule has 0 spiro atoms. The van der Waals surface area contributed by atoms with Crippen LogP contribution in [0.4, 0.5) is 4.39 Å². The van der Waals surface area contributed by atoms with Gasteiger partial charge >= 0.3 is 5.03 Å². The van der Waals surface area contributed by atoms with E-state index >= 15 is 0 Å². The van der Waals surface area contributed by atoms with Crippen molar-refractivity contribution in [2.45, 2.75) is 37.8 Å². The highest BCUT2D eigenvalue weighted by Gasteiger charge is 2.55. The highest BCUT2D eigenvalue weighted by molar-refractivity contribution is 7.89. The fourth-order valence-electron chi connectivity index (χ4n) is 5.62. The SMILES string of the molecule is CCn1ncc([S+]([O-])N2CCC3Cc4c(cnn4-c4ccc(F)cc4)CC3(C(=O)c3ccccn3)C2)n1. The third kappa shape index (κ3) is 4.16. The molecule has 0 saturated carbocycles. The third-order valence-electron chi connectivity index (χ3n) is 7.50. The van der Waals surface area contributed by atoms with E-state index < -0.39 is 16.8 Å². The van der Waals surface area contributed by atoms with E-state index in [-0.39, 0.29) is 17.5 Å². The van der Waals surface area contributed by atoms with Gasteiger partial charge in [0.15, 0.2) is 5.78 Å². The zero-order valence-corrected chi connectivity index (χ0v) is 21.1. The number of rotatable bonds is 6. The lowest BCUT2D eigenvalue weighted by Gasteiger charge is -2.48. The average molecular weight is 520 g/mol. The fourth-order valence-corrected chi connectivity index (χ4v) is 6.81. The van der Waals surface area contributed by atoms with Crippen LogP contribution in [0.1, 0.15) is 35.1 Å². The van der Waals surface area contributed by atoms with E-state index in [0.717, 1.165) is 16.9 Å². The molecule has 11 heteroatoms. The first-order chi connectivity index (χ1) is 18.0. The Kier molecular flexibility index (Phi) is 6.13. The summed E-state index contributed by atoms with van der Waals surface area (Å²) in [7, 11) is 0. The van der Waals surface area contributed by atoms with Crippen LogP contribution in [-0.2, 0) is 30.7 Å². The van der Waals surface area contributed by atoms with Gasteiger partial charge in [-0.05, 0) is 74.1 Å². The zero-order chi connectivity index (χ0) is 25.6. The number of aryl methyl sites for hydroxylation is 1. The van der Waals surface area contributed by atoms with E-state index in [1.54, 1.807) is 36.7 Å². The molecule has 1 aliphatic heterocycles. The van der Waals surface area contributed by atoms with Crippen molar-refractivity contribution < 1.29 is 13.7 Å². The summed E-state index contributed by atoms with van der Waals surface area (Å²) in [5.41, 5.74) is 2.37. The molecule has 1 saturated heterocycles. The molecule has 1 aromatic carbocycles. The van der Waals surface area contributed by atoms with Crippen molar-refractivity contribution in [1.82, 2.24) is 34.1 Å². The number of Topliss-reactive ketones (excluding diaryl/α,β-unsaturated/α-hetero) is 1. The normalized spacial score (nSPS) is 22.3. The molecule has 1 aliphatic carbocycles. The summed E-state index contributed by atoms with van der Waals surface area (Å²) >= 11 is -1.54. The van der Waals surface area contributed by atoms with Gasteiger partial charge in [-0.2, -0.15) is 15.0 Å². The van der Waals surface area contributed by atoms with Gasteiger partial charge in [-0.3, -0.25) is 9.78 Å². The van der Waals surface area contributed by atoms with Crippen molar-refractivity contribution in [1.29, 1.82) is 0 Å². The number of halogens is 1. The Balaban J connectivity index is 1.38. The summed E-state index contributed by atoms with van der Waals surface area (Å²) < 4.78 is 30.7. The molecule has 3 aromatic heterocycles. The molecule has 0 radical (unpaired) electrons. The van der Waals surface area contributed by atoms with E-state index in [0.29, 0.717) is 49.6 Å². The van der Waals surface area contributed by atoms with E-state index in [4.69, 9.17) is 0 Å². The van der Waals surface area contributed by atoms with Crippen LogP contribution in [0.5, 0.6) is 0 Å². The van der Waals surface area contributed by atoms with Crippen LogP contribution in [0, 0.1) is 17.2 Å². The first-order valence-electron chi connectivity index (χ1n) is 12.3. The van der Waals surface area contributed by atoms with Gasteiger partial charge in [0.25, 0.3) is 0 Å². The van der Waals surface area contributed by atoms with E-state index in [1.807, 2.05) is 22.0 Å². The molecule has 1 fully saturated rings. The molecule has 37 heavy (non-hydrogen) atoms. The summed E-state index contributed by atoms with van der Waals surface area (Å²) in [6, 6.07) is 11.6. The number of aromatic nitrogens is 6. The summed E-state index contributed by atoms with van der Waals surface area (Å²) in [5, 5.41) is 13.5. The van der Waals surface area contributed by atoms with Crippen LogP contribution in [0.25, 0.3) is 5.69 Å². The Morgan fingerprint density at radius 2 is 2.03 bits per heavy atom. The molecule has 0 amide bonds. The van der Waals surface area contributed by atoms with E-state index in [1.165, 1.54) is 23.1 Å². The summed E-state index contributed by atoms with van der Waals surface area (Å²) in [5.74, 6) is -0.341. The van der Waals surface area contributed by atoms with E-state index in [2.05, 4.69) is 20.3 Å². The van der Waals surface area contributed by atoms with Crippen molar-refractivity contribution >= 4 is 17.1 Å². The van der Waals surface area contributed by atoms with Crippen molar-refractivity contribution in [2.24, 2.45) is 11.3 Å². The molecular weight excluding hydrogens is 493 g/mol. The molecular formula is C26H26FN7O2S. The summed E-state index contributed by atoms with van der Waals surface area (Å²) in [6.07, 6.45) is 6.73.